The summed E-state index contributed by atoms with van der Waals surface area (Å²) in [7, 11) is 1.51. The van der Waals surface area contributed by atoms with E-state index >= 15 is 0 Å². The van der Waals surface area contributed by atoms with Gasteiger partial charge in [0.2, 0.25) is 5.91 Å². The lowest BCUT2D eigenvalue weighted by molar-refractivity contribution is -0.136. The average Bonchev–Trinajstić information content (AvgIpc) is 2.61. The van der Waals surface area contributed by atoms with Gasteiger partial charge in [-0.1, -0.05) is 17.7 Å². The monoisotopic (exact) mass is 361 g/mol. The molecule has 2 aromatic rings. The van der Waals surface area contributed by atoms with Crippen LogP contribution in [0.1, 0.15) is 0 Å². The number of carbonyl (C=O) groups excluding carboxylic acids is 3. The second-order valence-corrected chi connectivity index (χ2v) is 5.36. The summed E-state index contributed by atoms with van der Waals surface area (Å²) in [5.41, 5.74) is 0.939. The Hall–Kier alpha value is -3.06. The number of anilines is 2. The van der Waals surface area contributed by atoms with Crippen LogP contribution in [0, 0.1) is 0 Å². The third kappa shape index (κ3) is 5.82. The Morgan fingerprint density at radius 1 is 0.960 bits per heavy atom. The van der Waals surface area contributed by atoms with Crippen LogP contribution in [0.3, 0.4) is 0 Å². The maximum Gasteiger partial charge on any atom is 0.313 e. The van der Waals surface area contributed by atoms with Gasteiger partial charge in [-0.3, -0.25) is 14.4 Å². The molecule has 0 spiro atoms. The highest BCUT2D eigenvalue weighted by atomic mass is 35.5. The van der Waals surface area contributed by atoms with Gasteiger partial charge in [0.05, 0.1) is 13.7 Å². The predicted octanol–water partition coefficient (Wildman–Crippen LogP) is 2.04. The van der Waals surface area contributed by atoms with Crippen molar-refractivity contribution in [2.75, 3.05) is 24.3 Å². The first-order valence-electron chi connectivity index (χ1n) is 7.26. The molecule has 25 heavy (non-hydrogen) atoms. The minimum atomic E-state index is -0.921. The first kappa shape index (κ1) is 18.3. The van der Waals surface area contributed by atoms with Gasteiger partial charge in [-0.25, -0.2) is 0 Å². The molecule has 0 radical (unpaired) electrons. The molecule has 130 valence electrons. The quantitative estimate of drug-likeness (QED) is 0.710. The lowest BCUT2D eigenvalue weighted by Crippen LogP contribution is -2.39. The van der Waals surface area contributed by atoms with Crippen LogP contribution in [0.2, 0.25) is 5.02 Å². The van der Waals surface area contributed by atoms with E-state index in [0.717, 1.165) is 0 Å². The zero-order valence-electron chi connectivity index (χ0n) is 13.3. The second kappa shape index (κ2) is 8.70. The molecular weight excluding hydrogens is 346 g/mol. The Morgan fingerprint density at radius 3 is 2.36 bits per heavy atom. The first-order chi connectivity index (χ1) is 12.0. The number of ether oxygens (including phenoxy) is 1. The molecule has 0 fully saturated rings. The minimum absolute atomic E-state index is 0.343. The molecule has 2 aromatic carbocycles. The molecule has 0 atom stereocenters. The number of hydrogen-bond acceptors (Lipinski definition) is 4. The van der Waals surface area contributed by atoms with Crippen molar-refractivity contribution in [2.45, 2.75) is 0 Å². The molecule has 8 heteroatoms. The fourth-order valence-corrected chi connectivity index (χ4v) is 1.99. The Balaban J connectivity index is 1.80. The van der Waals surface area contributed by atoms with E-state index in [2.05, 4.69) is 16.0 Å². The summed E-state index contributed by atoms with van der Waals surface area (Å²) in [6.45, 7) is -0.343. The molecule has 0 aromatic heterocycles. The summed E-state index contributed by atoms with van der Waals surface area (Å²) in [4.78, 5) is 35.3. The van der Waals surface area contributed by atoms with Crippen molar-refractivity contribution >= 4 is 40.7 Å². The van der Waals surface area contributed by atoms with Crippen LogP contribution in [-0.4, -0.2) is 31.4 Å². The normalized spacial score (nSPS) is 9.84. The number of benzene rings is 2. The van der Waals surface area contributed by atoms with E-state index in [1.165, 1.54) is 7.11 Å². The second-order valence-electron chi connectivity index (χ2n) is 4.92. The minimum Gasteiger partial charge on any atom is -0.497 e. The molecule has 0 aliphatic heterocycles. The zero-order chi connectivity index (χ0) is 18.2. The van der Waals surface area contributed by atoms with Gasteiger partial charge in [0.15, 0.2) is 0 Å². The summed E-state index contributed by atoms with van der Waals surface area (Å²) in [5.74, 6) is -1.68. The van der Waals surface area contributed by atoms with Gasteiger partial charge in [-0.05, 0) is 36.4 Å². The molecule has 0 unspecified atom stereocenters. The van der Waals surface area contributed by atoms with E-state index < -0.39 is 17.7 Å². The van der Waals surface area contributed by atoms with Crippen molar-refractivity contribution in [3.63, 3.8) is 0 Å². The number of rotatable bonds is 5. The highest BCUT2D eigenvalue weighted by molar-refractivity contribution is 6.40. The average molecular weight is 362 g/mol. The van der Waals surface area contributed by atoms with Crippen molar-refractivity contribution in [2.24, 2.45) is 0 Å². The zero-order valence-corrected chi connectivity index (χ0v) is 14.1. The predicted molar refractivity (Wildman–Crippen MR) is 94.7 cm³/mol. The van der Waals surface area contributed by atoms with Crippen LogP contribution in [0.25, 0.3) is 0 Å². The molecular formula is C17H16ClN3O4. The standard InChI is InChI=1S/C17H16ClN3O4/c1-25-14-4-2-3-13(9-14)20-15(22)10-19-16(23)17(24)21-12-7-5-11(18)6-8-12/h2-9H,10H2,1H3,(H,19,23)(H,20,22)(H,21,24). The van der Waals surface area contributed by atoms with Gasteiger partial charge in [-0.2, -0.15) is 0 Å². The smallest absolute Gasteiger partial charge is 0.313 e. The SMILES string of the molecule is COc1cccc(NC(=O)CNC(=O)C(=O)Nc2ccc(Cl)cc2)c1. The van der Waals surface area contributed by atoms with E-state index in [9.17, 15) is 14.4 Å². The van der Waals surface area contributed by atoms with Crippen LogP contribution in [0.4, 0.5) is 11.4 Å². The highest BCUT2D eigenvalue weighted by Crippen LogP contribution is 2.16. The molecule has 0 saturated heterocycles. The summed E-state index contributed by atoms with van der Waals surface area (Å²) in [6.07, 6.45) is 0. The summed E-state index contributed by atoms with van der Waals surface area (Å²) in [6, 6.07) is 13.0. The van der Waals surface area contributed by atoms with Crippen molar-refractivity contribution in [1.82, 2.24) is 5.32 Å². The van der Waals surface area contributed by atoms with Gasteiger partial charge in [0.25, 0.3) is 0 Å². The lowest BCUT2D eigenvalue weighted by Gasteiger charge is -2.08. The third-order valence-electron chi connectivity index (χ3n) is 3.07. The Labute approximate surface area is 149 Å². The van der Waals surface area contributed by atoms with Crippen LogP contribution >= 0.6 is 11.6 Å². The number of methoxy groups -OCH3 is 1. The lowest BCUT2D eigenvalue weighted by atomic mass is 10.3. The fraction of sp³-hybridized carbons (Fsp3) is 0.118. The summed E-state index contributed by atoms with van der Waals surface area (Å²) in [5, 5.41) is 7.74. The van der Waals surface area contributed by atoms with Gasteiger partial charge in [-0.15, -0.1) is 0 Å². The van der Waals surface area contributed by atoms with Gasteiger partial charge >= 0.3 is 11.8 Å². The van der Waals surface area contributed by atoms with Crippen molar-refractivity contribution in [1.29, 1.82) is 0 Å². The van der Waals surface area contributed by atoms with E-state index in [1.807, 2.05) is 0 Å². The number of amides is 3. The van der Waals surface area contributed by atoms with E-state index in [-0.39, 0.29) is 6.54 Å². The van der Waals surface area contributed by atoms with Crippen LogP contribution in [0.5, 0.6) is 5.75 Å². The van der Waals surface area contributed by atoms with Crippen LogP contribution in [0.15, 0.2) is 48.5 Å². The topological polar surface area (TPSA) is 96.5 Å². The number of nitrogens with one attached hydrogen (secondary N) is 3. The fourth-order valence-electron chi connectivity index (χ4n) is 1.87. The van der Waals surface area contributed by atoms with E-state index in [0.29, 0.717) is 22.1 Å². The summed E-state index contributed by atoms with van der Waals surface area (Å²) >= 11 is 5.74. The molecule has 0 heterocycles. The molecule has 0 saturated carbocycles. The van der Waals surface area contributed by atoms with E-state index in [1.54, 1.807) is 48.5 Å². The third-order valence-corrected chi connectivity index (χ3v) is 3.32. The molecule has 0 aliphatic carbocycles. The highest BCUT2D eigenvalue weighted by Gasteiger charge is 2.15. The largest absolute Gasteiger partial charge is 0.497 e. The molecule has 0 bridgehead atoms. The van der Waals surface area contributed by atoms with Crippen molar-refractivity contribution in [3.05, 3.63) is 53.6 Å². The number of carbonyl (C=O) groups is 3. The molecule has 0 aliphatic rings. The van der Waals surface area contributed by atoms with Crippen molar-refractivity contribution < 1.29 is 19.1 Å². The Morgan fingerprint density at radius 2 is 1.68 bits per heavy atom. The number of halogens is 1. The maximum absolute atomic E-state index is 11.8. The Bertz CT molecular complexity index is 778. The van der Waals surface area contributed by atoms with E-state index in [4.69, 9.17) is 16.3 Å². The molecule has 7 nitrogen and oxygen atoms in total. The molecule has 2 rings (SSSR count). The number of hydrogen-bond donors (Lipinski definition) is 3. The molecule has 3 amide bonds. The first-order valence-corrected chi connectivity index (χ1v) is 7.64. The van der Waals surface area contributed by atoms with Crippen molar-refractivity contribution in [3.8, 4) is 5.75 Å². The Kier molecular flexibility index (Phi) is 6.36. The van der Waals surface area contributed by atoms with Crippen LogP contribution < -0.4 is 20.7 Å². The van der Waals surface area contributed by atoms with Gasteiger partial charge in [0.1, 0.15) is 5.75 Å². The van der Waals surface area contributed by atoms with Crippen LogP contribution in [-0.2, 0) is 14.4 Å². The summed E-state index contributed by atoms with van der Waals surface area (Å²) < 4.78 is 5.05. The molecule has 3 N–H and O–H groups in total. The van der Waals surface area contributed by atoms with Gasteiger partial charge in [0, 0.05) is 22.5 Å². The van der Waals surface area contributed by atoms with Gasteiger partial charge < -0.3 is 20.7 Å². The maximum atomic E-state index is 11.8.